The first-order valence-electron chi connectivity index (χ1n) is 11.0. The molecule has 12 heteroatoms. The van der Waals surface area contributed by atoms with Crippen molar-refractivity contribution in [2.24, 2.45) is 0 Å². The lowest BCUT2D eigenvalue weighted by atomic mass is 10.4. The van der Waals surface area contributed by atoms with E-state index in [1.807, 2.05) is 0 Å². The van der Waals surface area contributed by atoms with Crippen LogP contribution in [0.1, 0.15) is 19.3 Å². The third-order valence-electron chi connectivity index (χ3n) is 5.60. The van der Waals surface area contributed by atoms with Crippen molar-refractivity contribution in [3.63, 3.8) is 0 Å². The summed E-state index contributed by atoms with van der Waals surface area (Å²) in [7, 11) is -3.51. The highest BCUT2D eigenvalue weighted by Gasteiger charge is 2.48. The SMILES string of the molecule is CO[Si](CC[Si]1(C)O[Si](C)CCCCO[Si](C)(CCCOCC2CO2)O1)(OC)OC. The summed E-state index contributed by atoms with van der Waals surface area (Å²) >= 11 is 0. The van der Waals surface area contributed by atoms with Crippen LogP contribution in [0.3, 0.4) is 0 Å². The molecule has 2 aliphatic rings. The lowest BCUT2D eigenvalue weighted by Gasteiger charge is -2.40. The summed E-state index contributed by atoms with van der Waals surface area (Å²) in [5, 5.41) is 0. The van der Waals surface area contributed by atoms with Gasteiger partial charge in [-0.15, -0.1) is 0 Å². The zero-order valence-corrected chi connectivity index (χ0v) is 23.6. The Morgan fingerprint density at radius 2 is 1.73 bits per heavy atom. The Hall–Kier alpha value is 0.548. The van der Waals surface area contributed by atoms with Crippen molar-refractivity contribution in [2.45, 2.75) is 69.2 Å². The van der Waals surface area contributed by atoms with Gasteiger partial charge >= 0.3 is 25.9 Å². The quantitative estimate of drug-likeness (QED) is 0.231. The number of epoxide rings is 1. The molecule has 0 aromatic rings. The fraction of sp³-hybridized carbons (Fsp3) is 1.00. The second-order valence-electron chi connectivity index (χ2n) is 8.41. The molecule has 0 N–H and O–H groups in total. The largest absolute Gasteiger partial charge is 0.500 e. The number of hydrogen-bond donors (Lipinski definition) is 0. The Kier molecular flexibility index (Phi) is 11.3. The predicted molar refractivity (Wildman–Crippen MR) is 123 cm³/mol. The van der Waals surface area contributed by atoms with Crippen molar-refractivity contribution in [2.75, 3.05) is 47.8 Å². The van der Waals surface area contributed by atoms with Crippen LogP contribution >= 0.6 is 0 Å². The van der Waals surface area contributed by atoms with Crippen molar-refractivity contribution in [3.05, 3.63) is 0 Å². The third kappa shape index (κ3) is 9.19. The standard InChI is InChI=1S/C18H41O8Si4/c1-19-30(20-2,21-3)15-14-29(6)25-27(4)12-8-7-11-24-28(5,26-29)13-9-10-22-16-18-17-23-18/h18H,7-17H2,1-6H3. The molecule has 3 atom stereocenters. The topological polar surface area (TPSA) is 77.1 Å². The molecule has 0 amide bonds. The van der Waals surface area contributed by atoms with Crippen molar-refractivity contribution < 1.29 is 35.4 Å². The van der Waals surface area contributed by atoms with Crippen molar-refractivity contribution in [1.82, 2.24) is 0 Å². The number of rotatable bonds is 12. The maximum atomic E-state index is 6.88. The van der Waals surface area contributed by atoms with Crippen LogP contribution < -0.4 is 0 Å². The van der Waals surface area contributed by atoms with E-state index in [2.05, 4.69) is 19.6 Å². The molecule has 8 nitrogen and oxygen atoms in total. The molecule has 0 spiro atoms. The highest BCUT2D eigenvalue weighted by molar-refractivity contribution is 6.84. The van der Waals surface area contributed by atoms with E-state index in [0.717, 1.165) is 50.6 Å². The Morgan fingerprint density at radius 3 is 2.37 bits per heavy atom. The van der Waals surface area contributed by atoms with E-state index in [1.54, 1.807) is 21.3 Å². The zero-order valence-electron chi connectivity index (χ0n) is 19.6. The minimum Gasteiger partial charge on any atom is -0.436 e. The molecule has 1 radical (unpaired) electrons. The van der Waals surface area contributed by atoms with Gasteiger partial charge in [0.1, 0.15) is 6.10 Å². The van der Waals surface area contributed by atoms with Gasteiger partial charge in [-0.05, 0) is 50.6 Å². The predicted octanol–water partition coefficient (Wildman–Crippen LogP) is 3.28. The van der Waals surface area contributed by atoms with Gasteiger partial charge in [-0.25, -0.2) is 0 Å². The molecule has 0 aliphatic carbocycles. The van der Waals surface area contributed by atoms with Gasteiger partial charge in [0.25, 0.3) is 0 Å². The second-order valence-corrected chi connectivity index (χ2v) is 20.9. The molecule has 0 bridgehead atoms. The Balaban J connectivity index is 2.01. The van der Waals surface area contributed by atoms with Gasteiger partial charge in [0.05, 0.1) is 13.2 Å². The van der Waals surface area contributed by atoms with Gasteiger partial charge in [0, 0.05) is 40.6 Å². The van der Waals surface area contributed by atoms with E-state index in [-0.39, 0.29) is 0 Å². The highest BCUT2D eigenvalue weighted by Crippen LogP contribution is 2.31. The first kappa shape index (κ1) is 26.8. The summed E-state index contributed by atoms with van der Waals surface area (Å²) in [5.74, 6) is 0. The fourth-order valence-corrected chi connectivity index (χ4v) is 19.1. The summed E-state index contributed by atoms with van der Waals surface area (Å²) in [6, 6.07) is 3.48. The Labute approximate surface area is 187 Å². The second kappa shape index (κ2) is 12.7. The average molecular weight is 498 g/mol. The number of hydrogen-bond acceptors (Lipinski definition) is 8. The minimum atomic E-state index is -2.68. The van der Waals surface area contributed by atoms with Gasteiger partial charge in [-0.3, -0.25) is 0 Å². The lowest BCUT2D eigenvalue weighted by Crippen LogP contribution is -2.55. The summed E-state index contributed by atoms with van der Waals surface area (Å²) in [6.07, 6.45) is 3.45. The van der Waals surface area contributed by atoms with E-state index in [4.69, 9.17) is 35.4 Å². The number of ether oxygens (including phenoxy) is 2. The van der Waals surface area contributed by atoms with Crippen LogP contribution in [0.25, 0.3) is 0 Å². The Morgan fingerprint density at radius 1 is 1.03 bits per heavy atom. The molecule has 0 saturated carbocycles. The van der Waals surface area contributed by atoms with Crippen LogP contribution in [0.2, 0.25) is 43.8 Å². The molecule has 0 aromatic heterocycles. The van der Waals surface area contributed by atoms with E-state index in [0.29, 0.717) is 25.4 Å². The van der Waals surface area contributed by atoms with Gasteiger partial charge in [-0.1, -0.05) is 6.42 Å². The van der Waals surface area contributed by atoms with Gasteiger partial charge in [-0.2, -0.15) is 0 Å². The van der Waals surface area contributed by atoms with Crippen LogP contribution in [0.5, 0.6) is 0 Å². The zero-order chi connectivity index (χ0) is 22.1. The van der Waals surface area contributed by atoms with E-state index < -0.39 is 35.0 Å². The molecule has 2 fully saturated rings. The Bertz CT molecular complexity index is 489. The molecule has 2 saturated heterocycles. The molecular weight excluding hydrogens is 457 g/mol. The van der Waals surface area contributed by atoms with Crippen LogP contribution in [-0.4, -0.2) is 88.8 Å². The molecular formula is C18H41O8Si4. The van der Waals surface area contributed by atoms with Gasteiger partial charge in [0.2, 0.25) is 0 Å². The van der Waals surface area contributed by atoms with E-state index >= 15 is 0 Å². The van der Waals surface area contributed by atoms with Crippen molar-refractivity contribution in [3.8, 4) is 0 Å². The van der Waals surface area contributed by atoms with Crippen LogP contribution in [-0.2, 0) is 35.4 Å². The molecule has 0 aromatic carbocycles. The minimum absolute atomic E-state index is 0.306. The van der Waals surface area contributed by atoms with Crippen molar-refractivity contribution >= 4 is 35.0 Å². The third-order valence-corrected chi connectivity index (χ3v) is 19.7. The maximum absolute atomic E-state index is 6.88. The maximum Gasteiger partial charge on any atom is 0.500 e. The molecule has 2 aliphatic heterocycles. The molecule has 2 rings (SSSR count). The summed E-state index contributed by atoms with van der Waals surface area (Å²) < 4.78 is 47.8. The van der Waals surface area contributed by atoms with Crippen LogP contribution in [0.4, 0.5) is 0 Å². The summed E-state index contributed by atoms with van der Waals surface area (Å²) in [6.45, 7) is 9.62. The average Bonchev–Trinajstić information content (AvgIpc) is 3.53. The first-order chi connectivity index (χ1) is 14.3. The smallest absolute Gasteiger partial charge is 0.436 e. The van der Waals surface area contributed by atoms with Gasteiger partial charge in [0.15, 0.2) is 9.04 Å². The van der Waals surface area contributed by atoms with Gasteiger partial charge < -0.3 is 35.4 Å². The lowest BCUT2D eigenvalue weighted by molar-refractivity contribution is 0.114. The molecule has 3 unspecified atom stereocenters. The molecule has 30 heavy (non-hydrogen) atoms. The first-order valence-corrected chi connectivity index (χ1v) is 20.1. The van der Waals surface area contributed by atoms with Crippen molar-refractivity contribution in [1.29, 1.82) is 0 Å². The summed E-state index contributed by atoms with van der Waals surface area (Å²) in [4.78, 5) is 0. The monoisotopic (exact) mass is 497 g/mol. The molecule has 2 heterocycles. The molecule has 177 valence electrons. The fourth-order valence-electron chi connectivity index (χ4n) is 3.73. The summed E-state index contributed by atoms with van der Waals surface area (Å²) in [5.41, 5.74) is 0. The normalized spacial score (nSPS) is 31.6. The highest BCUT2D eigenvalue weighted by atomic mass is 28.5. The van der Waals surface area contributed by atoms with Crippen LogP contribution in [0.15, 0.2) is 0 Å². The van der Waals surface area contributed by atoms with Crippen LogP contribution in [0, 0.1) is 0 Å². The van der Waals surface area contributed by atoms with E-state index in [1.165, 1.54) is 0 Å². The van der Waals surface area contributed by atoms with E-state index in [9.17, 15) is 0 Å².